The number of benzene rings is 1. The van der Waals surface area contributed by atoms with Crippen LogP contribution in [0.1, 0.15) is 10.4 Å². The number of carbonyl (C=O) groups excluding carboxylic acids is 1. The van der Waals surface area contributed by atoms with Gasteiger partial charge in [-0.25, -0.2) is 4.79 Å². The Morgan fingerprint density at radius 3 is 2.72 bits per heavy atom. The van der Waals surface area contributed by atoms with E-state index >= 15 is 0 Å². The number of ether oxygens (including phenoxy) is 1. The second-order valence-electron chi connectivity index (χ2n) is 3.69. The molecule has 0 aliphatic carbocycles. The zero-order valence-corrected chi connectivity index (χ0v) is 10.5. The summed E-state index contributed by atoms with van der Waals surface area (Å²) in [6, 6.07) is 11.1. The fourth-order valence-electron chi connectivity index (χ4n) is 1.36. The maximum Gasteiger partial charge on any atom is 0.331 e. The maximum absolute atomic E-state index is 11.4. The number of nitrogens with two attached hydrogens (primary N) is 1. The lowest BCUT2D eigenvalue weighted by atomic mass is 10.2. The first kappa shape index (κ1) is 12.4. The first-order valence-electron chi connectivity index (χ1n) is 5.47. The van der Waals surface area contributed by atoms with E-state index in [9.17, 15) is 4.79 Å². The van der Waals surface area contributed by atoms with E-state index in [1.807, 2.05) is 29.6 Å². The normalized spacial score (nSPS) is 10.7. The van der Waals surface area contributed by atoms with Crippen LogP contribution in [0.2, 0.25) is 0 Å². The summed E-state index contributed by atoms with van der Waals surface area (Å²) in [6.07, 6.45) is 3.12. The molecule has 0 fully saturated rings. The van der Waals surface area contributed by atoms with Gasteiger partial charge in [0.1, 0.15) is 6.61 Å². The Hall–Kier alpha value is -2.07. The smallest absolute Gasteiger partial charge is 0.331 e. The zero-order chi connectivity index (χ0) is 12.8. The summed E-state index contributed by atoms with van der Waals surface area (Å²) in [7, 11) is 0. The molecule has 0 amide bonds. The molecule has 0 spiro atoms. The fraction of sp³-hybridized carbons (Fsp3) is 0.0714. The van der Waals surface area contributed by atoms with Crippen molar-refractivity contribution < 1.29 is 9.53 Å². The van der Waals surface area contributed by atoms with Gasteiger partial charge in [0.25, 0.3) is 0 Å². The van der Waals surface area contributed by atoms with Crippen molar-refractivity contribution in [2.75, 3.05) is 5.73 Å². The molecule has 0 bridgehead atoms. The molecule has 1 aromatic heterocycles. The average molecular weight is 259 g/mol. The average Bonchev–Trinajstić information content (AvgIpc) is 2.89. The molecule has 0 aliphatic rings. The summed E-state index contributed by atoms with van der Waals surface area (Å²) in [4.78, 5) is 12.5. The highest BCUT2D eigenvalue weighted by Crippen LogP contribution is 2.10. The topological polar surface area (TPSA) is 52.3 Å². The lowest BCUT2D eigenvalue weighted by Gasteiger charge is -1.99. The molecule has 3 nitrogen and oxygen atoms in total. The van der Waals surface area contributed by atoms with E-state index < -0.39 is 0 Å². The SMILES string of the molecule is Nc1ccc(/C=C/C(=O)OCc2cccs2)cc1. The van der Waals surface area contributed by atoms with Crippen LogP contribution in [0.25, 0.3) is 6.08 Å². The van der Waals surface area contributed by atoms with Gasteiger partial charge in [0.15, 0.2) is 0 Å². The number of rotatable bonds is 4. The van der Waals surface area contributed by atoms with Gasteiger partial charge >= 0.3 is 5.97 Å². The van der Waals surface area contributed by atoms with Gasteiger partial charge in [-0.05, 0) is 35.2 Å². The van der Waals surface area contributed by atoms with Crippen molar-refractivity contribution in [3.8, 4) is 0 Å². The molecule has 1 heterocycles. The van der Waals surface area contributed by atoms with Crippen LogP contribution in [0.3, 0.4) is 0 Å². The summed E-state index contributed by atoms with van der Waals surface area (Å²) in [5.41, 5.74) is 7.19. The van der Waals surface area contributed by atoms with E-state index in [2.05, 4.69) is 0 Å². The predicted molar refractivity (Wildman–Crippen MR) is 74.0 cm³/mol. The maximum atomic E-state index is 11.4. The summed E-state index contributed by atoms with van der Waals surface area (Å²) in [6.45, 7) is 0.322. The third-order valence-electron chi connectivity index (χ3n) is 2.29. The summed E-state index contributed by atoms with van der Waals surface area (Å²) in [5, 5.41) is 1.95. The van der Waals surface area contributed by atoms with Crippen LogP contribution in [0, 0.1) is 0 Å². The van der Waals surface area contributed by atoms with Gasteiger partial charge in [0.2, 0.25) is 0 Å². The Morgan fingerprint density at radius 1 is 1.28 bits per heavy atom. The molecule has 0 saturated heterocycles. The number of esters is 1. The van der Waals surface area contributed by atoms with Crippen LogP contribution in [0.5, 0.6) is 0 Å². The summed E-state index contributed by atoms with van der Waals surface area (Å²) >= 11 is 1.57. The van der Waals surface area contributed by atoms with Crippen molar-refractivity contribution >= 4 is 29.1 Å². The molecule has 1 aromatic carbocycles. The zero-order valence-electron chi connectivity index (χ0n) is 9.71. The van der Waals surface area contributed by atoms with Gasteiger partial charge in [-0.3, -0.25) is 0 Å². The van der Waals surface area contributed by atoms with Crippen molar-refractivity contribution in [2.45, 2.75) is 6.61 Å². The number of nitrogen functional groups attached to an aromatic ring is 1. The molecule has 2 aromatic rings. The lowest BCUT2D eigenvalue weighted by Crippen LogP contribution is -1.99. The number of thiophene rings is 1. The van der Waals surface area contributed by atoms with Gasteiger partial charge in [-0.2, -0.15) is 0 Å². The van der Waals surface area contributed by atoms with Gasteiger partial charge in [0.05, 0.1) is 0 Å². The van der Waals surface area contributed by atoms with Gasteiger partial charge in [-0.15, -0.1) is 11.3 Å². The van der Waals surface area contributed by atoms with Crippen LogP contribution < -0.4 is 5.73 Å². The molecule has 0 radical (unpaired) electrons. The highest BCUT2D eigenvalue weighted by molar-refractivity contribution is 7.09. The Bertz CT molecular complexity index is 529. The van der Waals surface area contributed by atoms with Crippen molar-refractivity contribution in [2.24, 2.45) is 0 Å². The first-order valence-corrected chi connectivity index (χ1v) is 6.35. The molecule has 18 heavy (non-hydrogen) atoms. The minimum atomic E-state index is -0.347. The summed E-state index contributed by atoms with van der Waals surface area (Å²) < 4.78 is 5.09. The third kappa shape index (κ3) is 3.75. The molecule has 2 N–H and O–H groups in total. The second kappa shape index (κ2) is 6.02. The molecule has 0 unspecified atom stereocenters. The van der Waals surface area contributed by atoms with Gasteiger partial charge < -0.3 is 10.5 Å². The van der Waals surface area contributed by atoms with E-state index in [0.29, 0.717) is 12.3 Å². The number of hydrogen-bond acceptors (Lipinski definition) is 4. The number of carbonyl (C=O) groups is 1. The molecule has 2 rings (SSSR count). The number of hydrogen-bond donors (Lipinski definition) is 1. The van der Waals surface area contributed by atoms with Gasteiger partial charge in [-0.1, -0.05) is 18.2 Å². The quantitative estimate of drug-likeness (QED) is 0.521. The van der Waals surface area contributed by atoms with Crippen LogP contribution >= 0.6 is 11.3 Å². The molecule has 0 saturated carbocycles. The van der Waals surface area contributed by atoms with Crippen LogP contribution in [-0.2, 0) is 16.1 Å². The first-order chi connectivity index (χ1) is 8.74. The Morgan fingerprint density at radius 2 is 2.06 bits per heavy atom. The Kier molecular flexibility index (Phi) is 4.15. The molecular formula is C14H13NO2S. The second-order valence-corrected chi connectivity index (χ2v) is 4.72. The van der Waals surface area contributed by atoms with Crippen molar-refractivity contribution in [3.63, 3.8) is 0 Å². The minimum absolute atomic E-state index is 0.322. The third-order valence-corrected chi connectivity index (χ3v) is 3.14. The fourth-order valence-corrected chi connectivity index (χ4v) is 1.97. The lowest BCUT2D eigenvalue weighted by molar-refractivity contribution is -0.138. The molecule has 0 atom stereocenters. The number of anilines is 1. The molecular weight excluding hydrogens is 246 g/mol. The standard InChI is InChI=1S/C14H13NO2S/c15-12-6-3-11(4-7-12)5-8-14(16)17-10-13-2-1-9-18-13/h1-9H,10,15H2/b8-5+. The highest BCUT2D eigenvalue weighted by atomic mass is 32.1. The van der Waals surface area contributed by atoms with E-state index in [1.54, 1.807) is 29.5 Å². The van der Waals surface area contributed by atoms with Crippen LogP contribution in [0.15, 0.2) is 47.9 Å². The van der Waals surface area contributed by atoms with Crippen molar-refractivity contribution in [1.82, 2.24) is 0 Å². The van der Waals surface area contributed by atoms with E-state index in [4.69, 9.17) is 10.5 Å². The largest absolute Gasteiger partial charge is 0.457 e. The van der Waals surface area contributed by atoms with E-state index in [-0.39, 0.29) is 5.97 Å². The highest BCUT2D eigenvalue weighted by Gasteiger charge is 1.99. The molecule has 0 aliphatic heterocycles. The molecule has 4 heteroatoms. The minimum Gasteiger partial charge on any atom is -0.457 e. The van der Waals surface area contributed by atoms with Crippen LogP contribution in [0.4, 0.5) is 5.69 Å². The Balaban J connectivity index is 1.85. The van der Waals surface area contributed by atoms with Crippen LogP contribution in [-0.4, -0.2) is 5.97 Å². The van der Waals surface area contributed by atoms with E-state index in [1.165, 1.54) is 6.08 Å². The predicted octanol–water partition coefficient (Wildman–Crippen LogP) is 3.09. The molecule has 92 valence electrons. The monoisotopic (exact) mass is 259 g/mol. The van der Waals surface area contributed by atoms with Crippen molar-refractivity contribution in [1.29, 1.82) is 0 Å². The van der Waals surface area contributed by atoms with Crippen molar-refractivity contribution in [3.05, 3.63) is 58.3 Å². The summed E-state index contributed by atoms with van der Waals surface area (Å²) in [5.74, 6) is -0.347. The Labute approximate surface area is 110 Å². The van der Waals surface area contributed by atoms with E-state index in [0.717, 1.165) is 10.4 Å². The van der Waals surface area contributed by atoms with Gasteiger partial charge in [0, 0.05) is 16.6 Å².